The van der Waals surface area contributed by atoms with Gasteiger partial charge in [0.1, 0.15) is 5.25 Å². The first-order valence-corrected chi connectivity index (χ1v) is 9.55. The zero-order valence-corrected chi connectivity index (χ0v) is 15.7. The number of amidine groups is 1. The molecule has 9 nitrogen and oxygen atoms in total. The van der Waals surface area contributed by atoms with Crippen molar-refractivity contribution in [3.8, 4) is 0 Å². The lowest BCUT2D eigenvalue weighted by Crippen LogP contribution is -2.28. The van der Waals surface area contributed by atoms with Crippen molar-refractivity contribution in [3.05, 3.63) is 33.3 Å². The maximum Gasteiger partial charge on any atom is 0.271 e. The van der Waals surface area contributed by atoms with Crippen molar-refractivity contribution in [1.29, 1.82) is 0 Å². The summed E-state index contributed by atoms with van der Waals surface area (Å²) in [5, 5.41) is 16.0. The molecule has 0 aliphatic carbocycles. The number of halogens is 1. The van der Waals surface area contributed by atoms with Gasteiger partial charge in [0.2, 0.25) is 11.8 Å². The first-order valence-electron chi connectivity index (χ1n) is 8.30. The number of nitro benzene ring substituents is 1. The second kappa shape index (κ2) is 8.68. The van der Waals surface area contributed by atoms with E-state index in [0.29, 0.717) is 11.7 Å². The molecule has 0 spiro atoms. The van der Waals surface area contributed by atoms with E-state index in [9.17, 15) is 19.7 Å². The average molecular weight is 413 g/mol. The van der Waals surface area contributed by atoms with Crippen LogP contribution < -0.4 is 10.6 Å². The predicted molar refractivity (Wildman–Crippen MR) is 102 cm³/mol. The lowest BCUT2D eigenvalue weighted by Gasteiger charge is -2.09. The summed E-state index contributed by atoms with van der Waals surface area (Å²) in [5.74, 6) is -0.767. The molecule has 2 heterocycles. The van der Waals surface area contributed by atoms with Gasteiger partial charge >= 0.3 is 0 Å². The summed E-state index contributed by atoms with van der Waals surface area (Å²) in [4.78, 5) is 38.9. The molecule has 0 unspecified atom stereocenters. The van der Waals surface area contributed by atoms with Crippen LogP contribution in [0, 0.1) is 10.1 Å². The van der Waals surface area contributed by atoms with E-state index in [4.69, 9.17) is 16.3 Å². The second-order valence-electron chi connectivity index (χ2n) is 6.05. The normalized spacial score (nSPS) is 23.4. The molecule has 0 bridgehead atoms. The van der Waals surface area contributed by atoms with Gasteiger partial charge in [-0.3, -0.25) is 24.7 Å². The van der Waals surface area contributed by atoms with Crippen LogP contribution in [0.25, 0.3) is 0 Å². The van der Waals surface area contributed by atoms with Gasteiger partial charge in [-0.15, -0.1) is 0 Å². The molecular formula is C16H17ClN4O5S. The fraction of sp³-hybridized carbons (Fsp3) is 0.438. The lowest BCUT2D eigenvalue weighted by molar-refractivity contribution is -0.384. The van der Waals surface area contributed by atoms with Gasteiger partial charge in [0.15, 0.2) is 5.17 Å². The third-order valence-corrected chi connectivity index (χ3v) is 5.49. The van der Waals surface area contributed by atoms with Crippen LogP contribution in [-0.4, -0.2) is 46.4 Å². The van der Waals surface area contributed by atoms with Crippen molar-refractivity contribution in [1.82, 2.24) is 5.32 Å². The first-order chi connectivity index (χ1) is 12.9. The number of aliphatic imine (C=N–C) groups is 1. The summed E-state index contributed by atoms with van der Waals surface area (Å²) >= 11 is 7.15. The zero-order chi connectivity index (χ0) is 19.4. The molecule has 2 saturated heterocycles. The van der Waals surface area contributed by atoms with E-state index in [0.717, 1.165) is 19.4 Å². The van der Waals surface area contributed by atoms with Crippen molar-refractivity contribution in [3.63, 3.8) is 0 Å². The molecular weight excluding hydrogens is 396 g/mol. The standard InChI is InChI=1S/C16H17ClN4O5S/c17-11-4-3-9(21(24)25)6-12(11)19-14(22)7-13-15(23)20-16(27-13)18-8-10-2-1-5-26-10/h3-4,6,10,13H,1-2,5,7-8H2,(H,19,22)(H,18,20,23)/t10-,13+/m0/s1. The summed E-state index contributed by atoms with van der Waals surface area (Å²) < 4.78 is 5.48. The highest BCUT2D eigenvalue weighted by atomic mass is 35.5. The van der Waals surface area contributed by atoms with Crippen LogP contribution in [0.4, 0.5) is 11.4 Å². The van der Waals surface area contributed by atoms with Gasteiger partial charge < -0.3 is 15.4 Å². The topological polar surface area (TPSA) is 123 Å². The Kier molecular flexibility index (Phi) is 6.30. The van der Waals surface area contributed by atoms with Crippen molar-refractivity contribution in [2.45, 2.75) is 30.6 Å². The summed E-state index contributed by atoms with van der Waals surface area (Å²) in [5.41, 5.74) is -0.0576. The minimum atomic E-state index is -0.620. The SMILES string of the molecule is O=C(C[C@H]1SC(=NC[C@@H]2CCCO2)NC1=O)Nc1cc([N+](=O)[O-])ccc1Cl. The Bertz CT molecular complexity index is 797. The van der Waals surface area contributed by atoms with Crippen molar-refractivity contribution < 1.29 is 19.2 Å². The summed E-state index contributed by atoms with van der Waals surface area (Å²) in [6.45, 7) is 1.21. The molecule has 27 heavy (non-hydrogen) atoms. The number of nitro groups is 1. The highest BCUT2D eigenvalue weighted by Crippen LogP contribution is 2.28. The number of nitrogens with one attached hydrogen (secondary N) is 2. The number of nitrogens with zero attached hydrogens (tertiary/aromatic N) is 2. The van der Waals surface area contributed by atoms with Gasteiger partial charge in [0.25, 0.3) is 5.69 Å². The van der Waals surface area contributed by atoms with E-state index in [1.807, 2.05) is 0 Å². The summed E-state index contributed by atoms with van der Waals surface area (Å²) in [7, 11) is 0. The van der Waals surface area contributed by atoms with Crippen LogP contribution in [-0.2, 0) is 14.3 Å². The highest BCUT2D eigenvalue weighted by molar-refractivity contribution is 8.15. The zero-order valence-electron chi connectivity index (χ0n) is 14.1. The van der Waals surface area contributed by atoms with Gasteiger partial charge in [-0.2, -0.15) is 0 Å². The Labute approximate surface area is 164 Å². The van der Waals surface area contributed by atoms with E-state index in [1.54, 1.807) is 0 Å². The van der Waals surface area contributed by atoms with Crippen molar-refractivity contribution >= 4 is 51.7 Å². The van der Waals surface area contributed by atoms with Crippen molar-refractivity contribution in [2.75, 3.05) is 18.5 Å². The largest absolute Gasteiger partial charge is 0.376 e. The van der Waals surface area contributed by atoms with Crippen LogP contribution in [0.1, 0.15) is 19.3 Å². The molecule has 2 aliphatic rings. The Morgan fingerprint density at radius 3 is 3.04 bits per heavy atom. The van der Waals surface area contributed by atoms with Crippen LogP contribution in [0.5, 0.6) is 0 Å². The molecule has 1 aromatic rings. The van der Waals surface area contributed by atoms with Gasteiger partial charge in [-0.05, 0) is 18.9 Å². The number of amides is 2. The maximum atomic E-state index is 12.2. The van der Waals surface area contributed by atoms with Crippen LogP contribution in [0.15, 0.2) is 23.2 Å². The Hall–Kier alpha value is -2.17. The predicted octanol–water partition coefficient (Wildman–Crippen LogP) is 2.34. The summed E-state index contributed by atoms with van der Waals surface area (Å²) in [6.07, 6.45) is 1.94. The molecule has 2 amide bonds. The maximum absolute atomic E-state index is 12.2. The number of carbonyl (C=O) groups excluding carboxylic acids is 2. The number of ether oxygens (including phenoxy) is 1. The van der Waals surface area contributed by atoms with E-state index < -0.39 is 16.1 Å². The molecule has 144 valence electrons. The highest BCUT2D eigenvalue weighted by Gasteiger charge is 2.32. The number of hydrogen-bond acceptors (Lipinski definition) is 7. The number of anilines is 1. The van der Waals surface area contributed by atoms with Gasteiger partial charge in [0.05, 0.1) is 28.3 Å². The molecule has 0 aromatic heterocycles. The van der Waals surface area contributed by atoms with Gasteiger partial charge in [-0.25, -0.2) is 0 Å². The Balaban J connectivity index is 1.56. The molecule has 2 atom stereocenters. The Morgan fingerprint density at radius 2 is 2.33 bits per heavy atom. The second-order valence-corrected chi connectivity index (χ2v) is 7.65. The summed E-state index contributed by atoms with van der Waals surface area (Å²) in [6, 6.07) is 3.76. The lowest BCUT2D eigenvalue weighted by atomic mass is 10.2. The fourth-order valence-corrected chi connectivity index (χ4v) is 3.82. The van der Waals surface area contributed by atoms with Gasteiger partial charge in [-0.1, -0.05) is 23.4 Å². The molecule has 3 rings (SSSR count). The number of benzene rings is 1. The molecule has 1 aromatic carbocycles. The number of thioether (sulfide) groups is 1. The Morgan fingerprint density at radius 1 is 1.52 bits per heavy atom. The number of carbonyl (C=O) groups is 2. The fourth-order valence-electron chi connectivity index (χ4n) is 2.68. The molecule has 2 aliphatic heterocycles. The quantitative estimate of drug-likeness (QED) is 0.546. The third kappa shape index (κ3) is 5.18. The van der Waals surface area contributed by atoms with E-state index >= 15 is 0 Å². The van der Waals surface area contributed by atoms with Crippen LogP contribution in [0.3, 0.4) is 0 Å². The third-order valence-electron chi connectivity index (χ3n) is 4.04. The van der Waals surface area contributed by atoms with Crippen LogP contribution >= 0.6 is 23.4 Å². The smallest absolute Gasteiger partial charge is 0.271 e. The molecule has 11 heteroatoms. The van der Waals surface area contributed by atoms with Gasteiger partial charge in [0, 0.05) is 25.2 Å². The first kappa shape index (κ1) is 19.6. The monoisotopic (exact) mass is 412 g/mol. The minimum Gasteiger partial charge on any atom is -0.376 e. The molecule has 0 radical (unpaired) electrons. The van der Waals surface area contributed by atoms with E-state index in [2.05, 4.69) is 15.6 Å². The van der Waals surface area contributed by atoms with E-state index in [-0.39, 0.29) is 34.8 Å². The number of non-ortho nitro benzene ring substituents is 1. The van der Waals surface area contributed by atoms with Crippen LogP contribution in [0.2, 0.25) is 5.02 Å². The van der Waals surface area contributed by atoms with E-state index in [1.165, 1.54) is 30.0 Å². The number of hydrogen-bond donors (Lipinski definition) is 2. The molecule has 2 fully saturated rings. The molecule has 2 N–H and O–H groups in total. The van der Waals surface area contributed by atoms with Crippen molar-refractivity contribution in [2.24, 2.45) is 4.99 Å². The molecule has 0 saturated carbocycles. The minimum absolute atomic E-state index is 0.0772. The average Bonchev–Trinajstić information content (AvgIpc) is 3.25. The number of rotatable bonds is 6.